The third-order valence-corrected chi connectivity index (χ3v) is 3.44. The van der Waals surface area contributed by atoms with Crippen LogP contribution in [0.15, 0.2) is 54.6 Å². The van der Waals surface area contributed by atoms with Crippen molar-refractivity contribution in [2.45, 2.75) is 32.4 Å². The second-order valence-corrected chi connectivity index (χ2v) is 6.39. The Balaban J connectivity index is 2.11. The molecule has 2 aromatic carbocycles. The molecule has 0 atom stereocenters. The molecule has 0 aliphatic rings. The van der Waals surface area contributed by atoms with E-state index in [0.717, 1.165) is 11.1 Å². The van der Waals surface area contributed by atoms with Crippen molar-refractivity contribution in [3.8, 4) is 5.75 Å². The van der Waals surface area contributed by atoms with Gasteiger partial charge in [-0.2, -0.15) is 0 Å². The summed E-state index contributed by atoms with van der Waals surface area (Å²) < 4.78 is 0. The van der Waals surface area contributed by atoms with E-state index in [9.17, 15) is 15.0 Å². The van der Waals surface area contributed by atoms with Gasteiger partial charge in [0.15, 0.2) is 0 Å². The molecule has 0 saturated heterocycles. The van der Waals surface area contributed by atoms with Crippen molar-refractivity contribution in [3.63, 3.8) is 0 Å². The molecule has 0 spiro atoms. The average molecular weight is 313 g/mol. The summed E-state index contributed by atoms with van der Waals surface area (Å²) in [6.45, 7) is 4.11. The van der Waals surface area contributed by atoms with Crippen molar-refractivity contribution < 1.29 is 15.0 Å². The maximum absolute atomic E-state index is 12.6. The van der Waals surface area contributed by atoms with Gasteiger partial charge in [0, 0.05) is 13.1 Å². The molecule has 0 aliphatic carbocycles. The molecule has 0 heterocycles. The molecule has 23 heavy (non-hydrogen) atoms. The zero-order chi connectivity index (χ0) is 16.9. The SMILES string of the molecule is CC(C)(O)CN(Cc1ccccc1)C(=O)Cc1ccc(O)cc1. The van der Waals surface area contributed by atoms with Gasteiger partial charge >= 0.3 is 0 Å². The summed E-state index contributed by atoms with van der Waals surface area (Å²) in [5.41, 5.74) is 0.900. The number of benzene rings is 2. The highest BCUT2D eigenvalue weighted by atomic mass is 16.3. The van der Waals surface area contributed by atoms with E-state index >= 15 is 0 Å². The molecular formula is C19H23NO3. The number of hydrogen-bond acceptors (Lipinski definition) is 3. The summed E-state index contributed by atoms with van der Waals surface area (Å²) in [4.78, 5) is 14.3. The number of amides is 1. The van der Waals surface area contributed by atoms with Gasteiger partial charge in [-0.1, -0.05) is 42.5 Å². The summed E-state index contributed by atoms with van der Waals surface area (Å²) in [5.74, 6) is 0.125. The van der Waals surface area contributed by atoms with Gasteiger partial charge in [-0.3, -0.25) is 4.79 Å². The number of phenols is 1. The number of aliphatic hydroxyl groups is 1. The maximum atomic E-state index is 12.6. The van der Waals surface area contributed by atoms with Gasteiger partial charge in [0.1, 0.15) is 5.75 Å². The fourth-order valence-corrected chi connectivity index (χ4v) is 2.40. The zero-order valence-corrected chi connectivity index (χ0v) is 13.6. The molecule has 122 valence electrons. The van der Waals surface area contributed by atoms with Crippen molar-refractivity contribution >= 4 is 5.91 Å². The summed E-state index contributed by atoms with van der Waals surface area (Å²) in [7, 11) is 0. The first kappa shape index (κ1) is 17.0. The second kappa shape index (κ2) is 7.29. The molecule has 0 fully saturated rings. The molecule has 0 aromatic heterocycles. The molecule has 0 unspecified atom stereocenters. The highest BCUT2D eigenvalue weighted by molar-refractivity contribution is 5.79. The van der Waals surface area contributed by atoms with E-state index in [1.54, 1.807) is 43.0 Å². The lowest BCUT2D eigenvalue weighted by Gasteiger charge is -2.29. The van der Waals surface area contributed by atoms with Crippen LogP contribution in [0.1, 0.15) is 25.0 Å². The predicted octanol–water partition coefficient (Wildman–Crippen LogP) is 2.73. The molecule has 0 saturated carbocycles. The van der Waals surface area contributed by atoms with Crippen LogP contribution in [-0.2, 0) is 17.8 Å². The van der Waals surface area contributed by atoms with Crippen molar-refractivity contribution in [1.82, 2.24) is 4.90 Å². The molecule has 0 aliphatic heterocycles. The number of carbonyl (C=O) groups is 1. The second-order valence-electron chi connectivity index (χ2n) is 6.39. The molecular weight excluding hydrogens is 290 g/mol. The smallest absolute Gasteiger partial charge is 0.227 e. The van der Waals surface area contributed by atoms with Crippen LogP contribution in [0.25, 0.3) is 0 Å². The van der Waals surface area contributed by atoms with Gasteiger partial charge in [-0.05, 0) is 37.1 Å². The lowest BCUT2D eigenvalue weighted by atomic mass is 10.1. The van der Waals surface area contributed by atoms with Crippen LogP contribution >= 0.6 is 0 Å². The highest BCUT2D eigenvalue weighted by Gasteiger charge is 2.22. The van der Waals surface area contributed by atoms with Gasteiger partial charge in [0.25, 0.3) is 0 Å². The zero-order valence-electron chi connectivity index (χ0n) is 13.6. The lowest BCUT2D eigenvalue weighted by Crippen LogP contribution is -2.42. The largest absolute Gasteiger partial charge is 0.508 e. The topological polar surface area (TPSA) is 60.8 Å². The van der Waals surface area contributed by atoms with Gasteiger partial charge in [0.2, 0.25) is 5.91 Å². The molecule has 1 amide bonds. The van der Waals surface area contributed by atoms with E-state index in [0.29, 0.717) is 6.54 Å². The average Bonchev–Trinajstić information content (AvgIpc) is 2.48. The minimum atomic E-state index is -0.959. The Morgan fingerprint density at radius 3 is 2.17 bits per heavy atom. The Labute approximate surface area is 137 Å². The summed E-state index contributed by atoms with van der Waals surface area (Å²) in [6, 6.07) is 16.3. The van der Waals surface area contributed by atoms with Crippen LogP contribution < -0.4 is 0 Å². The van der Waals surface area contributed by atoms with Crippen molar-refractivity contribution in [1.29, 1.82) is 0 Å². The van der Waals surface area contributed by atoms with Gasteiger partial charge in [-0.25, -0.2) is 0 Å². The predicted molar refractivity (Wildman–Crippen MR) is 90.0 cm³/mol. The first-order chi connectivity index (χ1) is 10.8. The monoisotopic (exact) mass is 313 g/mol. The molecule has 4 heteroatoms. The minimum Gasteiger partial charge on any atom is -0.508 e. The van der Waals surface area contributed by atoms with E-state index in [2.05, 4.69) is 0 Å². The van der Waals surface area contributed by atoms with Crippen LogP contribution in [-0.4, -0.2) is 33.2 Å². The summed E-state index contributed by atoms with van der Waals surface area (Å²) in [5, 5.41) is 19.4. The normalized spacial score (nSPS) is 11.3. The quantitative estimate of drug-likeness (QED) is 0.862. The number of rotatable bonds is 6. The van der Waals surface area contributed by atoms with Crippen LogP contribution in [0.5, 0.6) is 5.75 Å². The fraction of sp³-hybridized carbons (Fsp3) is 0.316. The fourth-order valence-electron chi connectivity index (χ4n) is 2.40. The minimum absolute atomic E-state index is 0.0540. The Bertz CT molecular complexity index is 630. The highest BCUT2D eigenvalue weighted by Crippen LogP contribution is 2.14. The number of phenolic OH excluding ortho intramolecular Hbond substituents is 1. The van der Waals surface area contributed by atoms with E-state index < -0.39 is 5.60 Å². The van der Waals surface area contributed by atoms with Crippen molar-refractivity contribution in [3.05, 3.63) is 65.7 Å². The molecule has 0 radical (unpaired) electrons. The summed E-state index contributed by atoms with van der Waals surface area (Å²) >= 11 is 0. The number of carbonyl (C=O) groups excluding carboxylic acids is 1. The third kappa shape index (κ3) is 5.75. The molecule has 2 rings (SSSR count). The molecule has 0 bridgehead atoms. The van der Waals surface area contributed by atoms with Gasteiger partial charge in [-0.15, -0.1) is 0 Å². The maximum Gasteiger partial charge on any atom is 0.227 e. The van der Waals surface area contributed by atoms with E-state index in [1.807, 2.05) is 30.3 Å². The molecule has 4 nitrogen and oxygen atoms in total. The van der Waals surface area contributed by atoms with Crippen molar-refractivity contribution in [2.75, 3.05) is 6.54 Å². The lowest BCUT2D eigenvalue weighted by molar-refractivity contribution is -0.134. The Morgan fingerprint density at radius 1 is 1.00 bits per heavy atom. The first-order valence-corrected chi connectivity index (χ1v) is 7.65. The Kier molecular flexibility index (Phi) is 5.40. The van der Waals surface area contributed by atoms with Crippen molar-refractivity contribution in [2.24, 2.45) is 0 Å². The molecule has 2 N–H and O–H groups in total. The summed E-state index contributed by atoms with van der Waals surface area (Å²) in [6.07, 6.45) is 0.239. The Morgan fingerprint density at radius 2 is 1.61 bits per heavy atom. The van der Waals surface area contributed by atoms with Crippen LogP contribution in [0.3, 0.4) is 0 Å². The van der Waals surface area contributed by atoms with Crippen LogP contribution in [0.4, 0.5) is 0 Å². The standard InChI is InChI=1S/C19H23NO3/c1-19(2,23)14-20(13-16-6-4-3-5-7-16)18(22)12-15-8-10-17(21)11-9-15/h3-11,21,23H,12-14H2,1-2H3. The van der Waals surface area contributed by atoms with Crippen LogP contribution in [0.2, 0.25) is 0 Å². The third-order valence-electron chi connectivity index (χ3n) is 3.44. The van der Waals surface area contributed by atoms with Gasteiger partial charge in [0.05, 0.1) is 12.0 Å². The van der Waals surface area contributed by atoms with E-state index in [-0.39, 0.29) is 24.6 Å². The number of hydrogen-bond donors (Lipinski definition) is 2. The Hall–Kier alpha value is -2.33. The van der Waals surface area contributed by atoms with Gasteiger partial charge < -0.3 is 15.1 Å². The number of aromatic hydroxyl groups is 1. The van der Waals surface area contributed by atoms with E-state index in [4.69, 9.17) is 0 Å². The first-order valence-electron chi connectivity index (χ1n) is 7.65. The van der Waals surface area contributed by atoms with Crippen LogP contribution in [0, 0.1) is 0 Å². The number of nitrogens with zero attached hydrogens (tertiary/aromatic N) is 1. The molecule has 2 aromatic rings. The van der Waals surface area contributed by atoms with E-state index in [1.165, 1.54) is 0 Å².